The summed E-state index contributed by atoms with van der Waals surface area (Å²) in [7, 11) is 0. The summed E-state index contributed by atoms with van der Waals surface area (Å²) in [6.45, 7) is 3.58. The lowest BCUT2D eigenvalue weighted by Gasteiger charge is -2.14. The van der Waals surface area contributed by atoms with E-state index in [0.717, 1.165) is 5.56 Å². The molecule has 7 heteroatoms. The van der Waals surface area contributed by atoms with Crippen molar-refractivity contribution in [2.75, 3.05) is 5.32 Å². The molecule has 1 amide bonds. The fourth-order valence-corrected chi connectivity index (χ4v) is 3.15. The number of nitrogens with one attached hydrogen (secondary N) is 1. The molecule has 0 bridgehead atoms. The second kappa shape index (κ2) is 7.27. The van der Waals surface area contributed by atoms with Crippen LogP contribution in [0.1, 0.15) is 21.7 Å². The maximum absolute atomic E-state index is 13.0. The van der Waals surface area contributed by atoms with Crippen molar-refractivity contribution < 1.29 is 9.18 Å². The fourth-order valence-electron chi connectivity index (χ4n) is 3.15. The molecule has 0 saturated heterocycles. The minimum atomic E-state index is -0.401. The highest BCUT2D eigenvalue weighted by Crippen LogP contribution is 2.20. The lowest BCUT2D eigenvalue weighted by molar-refractivity contribution is 0.102. The van der Waals surface area contributed by atoms with Crippen LogP contribution in [0.15, 0.2) is 65.6 Å². The molecule has 0 spiro atoms. The Kier molecular flexibility index (Phi) is 4.64. The summed E-state index contributed by atoms with van der Waals surface area (Å²) in [4.78, 5) is 33.9. The summed E-state index contributed by atoms with van der Waals surface area (Å²) in [5.74, 6) is -0.224. The quantitative estimate of drug-likeness (QED) is 0.579. The van der Waals surface area contributed by atoms with Gasteiger partial charge in [0.2, 0.25) is 0 Å². The van der Waals surface area contributed by atoms with Crippen molar-refractivity contribution in [1.82, 2.24) is 14.5 Å². The molecular weight excluding hydrogens is 371 g/mol. The lowest BCUT2D eigenvalue weighted by atomic mass is 10.1. The molecule has 0 aliphatic heterocycles. The van der Waals surface area contributed by atoms with Gasteiger partial charge in [-0.25, -0.2) is 14.4 Å². The molecule has 6 nitrogen and oxygen atoms in total. The van der Waals surface area contributed by atoms with Gasteiger partial charge in [0.05, 0.1) is 11.1 Å². The summed E-state index contributed by atoms with van der Waals surface area (Å²) >= 11 is 0. The zero-order valence-corrected chi connectivity index (χ0v) is 15.8. The number of rotatable bonds is 3. The molecule has 4 aromatic rings. The summed E-state index contributed by atoms with van der Waals surface area (Å²) in [5.41, 5.74) is 2.57. The van der Waals surface area contributed by atoms with Crippen LogP contribution in [0.5, 0.6) is 0 Å². The van der Waals surface area contributed by atoms with Gasteiger partial charge >= 0.3 is 0 Å². The third kappa shape index (κ3) is 3.50. The first kappa shape index (κ1) is 18.5. The van der Waals surface area contributed by atoms with Crippen molar-refractivity contribution >= 4 is 22.6 Å². The zero-order valence-electron chi connectivity index (χ0n) is 15.8. The maximum atomic E-state index is 13.0. The molecule has 0 saturated carbocycles. The monoisotopic (exact) mass is 388 g/mol. The molecule has 4 rings (SSSR count). The molecule has 0 unspecified atom stereocenters. The van der Waals surface area contributed by atoms with E-state index in [-0.39, 0.29) is 11.5 Å². The summed E-state index contributed by atoms with van der Waals surface area (Å²) in [6, 6.07) is 14.0. The normalized spacial score (nSPS) is 10.9. The van der Waals surface area contributed by atoms with E-state index in [0.29, 0.717) is 33.8 Å². The third-order valence-corrected chi connectivity index (χ3v) is 4.63. The maximum Gasteiger partial charge on any atom is 0.267 e. The second-order valence-electron chi connectivity index (χ2n) is 6.63. The van der Waals surface area contributed by atoms with Gasteiger partial charge in [-0.05, 0) is 74.0 Å². The third-order valence-electron chi connectivity index (χ3n) is 4.63. The molecule has 0 aliphatic rings. The molecule has 0 fully saturated rings. The van der Waals surface area contributed by atoms with Crippen molar-refractivity contribution in [2.45, 2.75) is 13.8 Å². The Morgan fingerprint density at radius 1 is 1.07 bits per heavy atom. The van der Waals surface area contributed by atoms with Gasteiger partial charge < -0.3 is 5.32 Å². The first-order valence-electron chi connectivity index (χ1n) is 8.96. The van der Waals surface area contributed by atoms with Gasteiger partial charge in [-0.1, -0.05) is 0 Å². The highest BCUT2D eigenvalue weighted by atomic mass is 19.1. The number of benzene rings is 2. The first-order chi connectivity index (χ1) is 13.9. The van der Waals surface area contributed by atoms with Crippen molar-refractivity contribution in [3.05, 3.63) is 93.9 Å². The Bertz CT molecular complexity index is 1300. The minimum Gasteiger partial charge on any atom is -0.322 e. The zero-order chi connectivity index (χ0) is 20.5. The Balaban J connectivity index is 1.69. The average Bonchev–Trinajstić information content (AvgIpc) is 2.70. The Morgan fingerprint density at radius 2 is 1.83 bits per heavy atom. The van der Waals surface area contributed by atoms with Gasteiger partial charge in [0.1, 0.15) is 11.6 Å². The van der Waals surface area contributed by atoms with Crippen molar-refractivity contribution in [2.24, 2.45) is 0 Å². The van der Waals surface area contributed by atoms with Crippen LogP contribution in [-0.2, 0) is 0 Å². The molecule has 29 heavy (non-hydrogen) atoms. The number of hydrogen-bond acceptors (Lipinski definition) is 4. The number of pyridine rings is 1. The molecule has 2 heterocycles. The molecule has 0 aliphatic carbocycles. The largest absolute Gasteiger partial charge is 0.322 e. The molecule has 0 radical (unpaired) electrons. The van der Waals surface area contributed by atoms with Crippen LogP contribution < -0.4 is 10.9 Å². The topological polar surface area (TPSA) is 76.9 Å². The van der Waals surface area contributed by atoms with Crippen molar-refractivity contribution in [1.29, 1.82) is 0 Å². The second-order valence-corrected chi connectivity index (χ2v) is 6.63. The van der Waals surface area contributed by atoms with Crippen LogP contribution in [0.25, 0.3) is 16.7 Å². The fraction of sp³-hybridized carbons (Fsp3) is 0.0909. The van der Waals surface area contributed by atoms with E-state index >= 15 is 0 Å². The number of hydrogen-bond donors (Lipinski definition) is 1. The SMILES string of the molecule is Cc1cc(-n2c(C)nc3ncccc3c2=O)ccc1NC(=O)c1ccc(F)cc1. The Labute approximate surface area is 165 Å². The predicted molar refractivity (Wildman–Crippen MR) is 109 cm³/mol. The van der Waals surface area contributed by atoms with E-state index in [4.69, 9.17) is 0 Å². The molecule has 0 atom stereocenters. The van der Waals surface area contributed by atoms with Crippen LogP contribution in [-0.4, -0.2) is 20.4 Å². The van der Waals surface area contributed by atoms with E-state index < -0.39 is 5.82 Å². The summed E-state index contributed by atoms with van der Waals surface area (Å²) in [5, 5.41) is 3.24. The van der Waals surface area contributed by atoms with Crippen LogP contribution in [0, 0.1) is 19.7 Å². The van der Waals surface area contributed by atoms with E-state index in [1.807, 2.05) is 6.92 Å². The van der Waals surface area contributed by atoms with E-state index in [2.05, 4.69) is 15.3 Å². The Hall–Kier alpha value is -3.87. The molecule has 144 valence electrons. The summed E-state index contributed by atoms with van der Waals surface area (Å²) < 4.78 is 14.6. The highest BCUT2D eigenvalue weighted by Gasteiger charge is 2.13. The summed E-state index contributed by atoms with van der Waals surface area (Å²) in [6.07, 6.45) is 1.60. The highest BCUT2D eigenvalue weighted by molar-refractivity contribution is 6.04. The van der Waals surface area contributed by atoms with Gasteiger partial charge in [-0.3, -0.25) is 14.2 Å². The smallest absolute Gasteiger partial charge is 0.267 e. The van der Waals surface area contributed by atoms with Crippen molar-refractivity contribution in [3.63, 3.8) is 0 Å². The van der Waals surface area contributed by atoms with Crippen LogP contribution in [0.2, 0.25) is 0 Å². The van der Waals surface area contributed by atoms with E-state index in [1.54, 1.807) is 43.5 Å². The van der Waals surface area contributed by atoms with Crippen molar-refractivity contribution in [3.8, 4) is 5.69 Å². The van der Waals surface area contributed by atoms with Gasteiger partial charge in [-0.2, -0.15) is 0 Å². The number of carbonyl (C=O) groups excluding carboxylic acids is 1. The van der Waals surface area contributed by atoms with Crippen LogP contribution in [0.4, 0.5) is 10.1 Å². The molecule has 1 N–H and O–H groups in total. The van der Waals surface area contributed by atoms with Gasteiger partial charge in [-0.15, -0.1) is 0 Å². The van der Waals surface area contributed by atoms with Gasteiger partial charge in [0.15, 0.2) is 5.65 Å². The lowest BCUT2D eigenvalue weighted by Crippen LogP contribution is -2.23. The van der Waals surface area contributed by atoms with E-state index in [9.17, 15) is 14.0 Å². The van der Waals surface area contributed by atoms with E-state index in [1.165, 1.54) is 28.8 Å². The standard InChI is InChI=1S/C22H17FN4O2/c1-13-12-17(27-14(2)25-20-18(22(27)29)4-3-11-24-20)9-10-19(13)26-21(28)15-5-7-16(23)8-6-15/h3-12H,1-2H3,(H,26,28). The number of anilines is 1. The number of aryl methyl sites for hydroxylation is 2. The number of nitrogens with zero attached hydrogens (tertiary/aromatic N) is 3. The first-order valence-corrected chi connectivity index (χ1v) is 8.96. The van der Waals surface area contributed by atoms with Gasteiger partial charge in [0.25, 0.3) is 11.5 Å². The molecule has 2 aromatic heterocycles. The number of amides is 1. The number of carbonyl (C=O) groups is 1. The van der Waals surface area contributed by atoms with Crippen LogP contribution >= 0.6 is 0 Å². The predicted octanol–water partition coefficient (Wildman–Crippen LogP) is 3.79. The average molecular weight is 388 g/mol. The van der Waals surface area contributed by atoms with Crippen LogP contribution in [0.3, 0.4) is 0 Å². The number of aromatic nitrogens is 3. The number of halogens is 1. The molecular formula is C22H17FN4O2. The number of fused-ring (bicyclic) bond motifs is 1. The minimum absolute atomic E-state index is 0.205. The van der Waals surface area contributed by atoms with Gasteiger partial charge in [0, 0.05) is 17.4 Å². The Morgan fingerprint density at radius 3 is 2.55 bits per heavy atom. The molecule has 2 aromatic carbocycles.